The van der Waals surface area contributed by atoms with Gasteiger partial charge in [0.2, 0.25) is 5.91 Å². The van der Waals surface area contributed by atoms with E-state index in [1.165, 1.54) is 27.8 Å². The molecule has 3 aromatic rings. The SMILES string of the molecule is Cc1ccc(CNC(=O)CSc2nc3sc4c(c3c(=O)n2CC2CCCO2)CCC(C)C4)cc1. The van der Waals surface area contributed by atoms with Gasteiger partial charge in [0.05, 0.1) is 23.8 Å². The summed E-state index contributed by atoms with van der Waals surface area (Å²) in [5, 5.41) is 4.39. The summed E-state index contributed by atoms with van der Waals surface area (Å²) >= 11 is 3.00. The fraction of sp³-hybridized carbons (Fsp3) is 0.500. The van der Waals surface area contributed by atoms with Crippen LogP contribution in [0.2, 0.25) is 0 Å². The van der Waals surface area contributed by atoms with Crippen LogP contribution in [0.1, 0.15) is 47.8 Å². The zero-order valence-corrected chi connectivity index (χ0v) is 21.4. The largest absolute Gasteiger partial charge is 0.376 e. The first-order chi connectivity index (χ1) is 16.5. The monoisotopic (exact) mass is 497 g/mol. The van der Waals surface area contributed by atoms with E-state index in [-0.39, 0.29) is 23.3 Å². The fourth-order valence-electron chi connectivity index (χ4n) is 4.76. The Morgan fingerprint density at radius 2 is 2.12 bits per heavy atom. The number of benzene rings is 1. The average Bonchev–Trinajstić information content (AvgIpc) is 3.46. The molecular weight excluding hydrogens is 466 g/mol. The third-order valence-corrected chi connectivity index (χ3v) is 8.86. The Hall–Kier alpha value is -2.16. The fourth-order valence-corrected chi connectivity index (χ4v) is 7.02. The van der Waals surface area contributed by atoms with Gasteiger partial charge in [0, 0.05) is 18.0 Å². The van der Waals surface area contributed by atoms with Gasteiger partial charge in [-0.1, -0.05) is 48.5 Å². The van der Waals surface area contributed by atoms with Crippen molar-refractivity contribution in [2.24, 2.45) is 5.92 Å². The first kappa shape index (κ1) is 23.6. The van der Waals surface area contributed by atoms with Gasteiger partial charge >= 0.3 is 0 Å². The summed E-state index contributed by atoms with van der Waals surface area (Å²) < 4.78 is 7.60. The minimum Gasteiger partial charge on any atom is -0.376 e. The van der Waals surface area contributed by atoms with Crippen LogP contribution in [-0.4, -0.2) is 33.9 Å². The number of ether oxygens (including phenoxy) is 1. The van der Waals surface area contributed by atoms with Crippen LogP contribution in [-0.2, 0) is 35.5 Å². The number of nitrogens with zero attached hydrogens (tertiary/aromatic N) is 2. The van der Waals surface area contributed by atoms with E-state index < -0.39 is 0 Å². The van der Waals surface area contributed by atoms with E-state index in [4.69, 9.17) is 9.72 Å². The standard InChI is InChI=1S/C26H31N3O3S2/c1-16-5-8-18(9-6-16)13-27-22(30)15-33-26-28-24-23(20-10-7-17(2)12-21(20)34-24)25(31)29(26)14-19-4-3-11-32-19/h5-6,8-9,17,19H,3-4,7,10-15H2,1-2H3,(H,27,30). The number of carbonyl (C=O) groups is 1. The lowest BCUT2D eigenvalue weighted by Crippen LogP contribution is -2.30. The molecule has 2 aromatic heterocycles. The number of fused-ring (bicyclic) bond motifs is 3. The van der Waals surface area contributed by atoms with Crippen molar-refractivity contribution in [3.8, 4) is 0 Å². The molecule has 1 N–H and O–H groups in total. The molecule has 34 heavy (non-hydrogen) atoms. The van der Waals surface area contributed by atoms with Crippen LogP contribution in [0.25, 0.3) is 10.2 Å². The Bertz CT molecular complexity index is 1240. The van der Waals surface area contributed by atoms with Crippen LogP contribution in [0, 0.1) is 12.8 Å². The van der Waals surface area contributed by atoms with E-state index in [0.29, 0.717) is 24.2 Å². The van der Waals surface area contributed by atoms with Gasteiger partial charge in [-0.25, -0.2) is 4.98 Å². The average molecular weight is 498 g/mol. The molecule has 6 nitrogen and oxygen atoms in total. The maximum atomic E-state index is 13.7. The quantitative estimate of drug-likeness (QED) is 0.385. The summed E-state index contributed by atoms with van der Waals surface area (Å²) in [6.45, 7) is 6.04. The number of nitrogens with one attached hydrogen (secondary N) is 1. The lowest BCUT2D eigenvalue weighted by Gasteiger charge is -2.18. The third-order valence-electron chi connectivity index (χ3n) is 6.73. The van der Waals surface area contributed by atoms with Crippen LogP contribution in [0.5, 0.6) is 0 Å². The molecule has 5 rings (SSSR count). The summed E-state index contributed by atoms with van der Waals surface area (Å²) in [6, 6.07) is 8.13. The number of aromatic nitrogens is 2. The highest BCUT2D eigenvalue weighted by atomic mass is 32.2. The molecule has 8 heteroatoms. The Morgan fingerprint density at radius 3 is 2.88 bits per heavy atom. The van der Waals surface area contributed by atoms with Crippen molar-refractivity contribution in [3.63, 3.8) is 0 Å². The second-order valence-corrected chi connectivity index (χ2v) is 11.6. The minimum absolute atomic E-state index is 0.0233. The predicted molar refractivity (Wildman–Crippen MR) is 138 cm³/mol. The molecule has 1 amide bonds. The number of rotatable bonds is 7. The summed E-state index contributed by atoms with van der Waals surface area (Å²) in [7, 11) is 0. The topological polar surface area (TPSA) is 73.2 Å². The van der Waals surface area contributed by atoms with Crippen molar-refractivity contribution in [2.45, 2.75) is 70.3 Å². The molecule has 2 unspecified atom stereocenters. The van der Waals surface area contributed by atoms with Crippen LogP contribution in [0.4, 0.5) is 0 Å². The Morgan fingerprint density at radius 1 is 1.29 bits per heavy atom. The minimum atomic E-state index is -0.0668. The van der Waals surface area contributed by atoms with Gasteiger partial charge in [-0.15, -0.1) is 11.3 Å². The summed E-state index contributed by atoms with van der Waals surface area (Å²) in [4.78, 5) is 33.3. The molecule has 1 aliphatic carbocycles. The Kier molecular flexibility index (Phi) is 7.09. The molecule has 1 saturated heterocycles. The van der Waals surface area contributed by atoms with Crippen LogP contribution in [0.15, 0.2) is 34.2 Å². The number of hydrogen-bond donors (Lipinski definition) is 1. The third kappa shape index (κ3) is 5.09. The van der Waals surface area contributed by atoms with Gasteiger partial charge in [0.15, 0.2) is 5.16 Å². The molecule has 1 aromatic carbocycles. The molecular formula is C26H31N3O3S2. The number of carbonyl (C=O) groups excluding carboxylic acids is 1. The Labute approximate surface area is 208 Å². The lowest BCUT2D eigenvalue weighted by molar-refractivity contribution is -0.118. The van der Waals surface area contributed by atoms with Gasteiger partial charge in [0.1, 0.15) is 4.83 Å². The number of aryl methyl sites for hydroxylation is 2. The molecule has 3 heterocycles. The molecule has 0 spiro atoms. The summed E-state index contributed by atoms with van der Waals surface area (Å²) in [5.74, 6) is 0.793. The molecule has 0 saturated carbocycles. The van der Waals surface area contributed by atoms with E-state index >= 15 is 0 Å². The maximum absolute atomic E-state index is 13.7. The Balaban J connectivity index is 1.37. The van der Waals surface area contributed by atoms with Gasteiger partial charge < -0.3 is 10.1 Å². The summed E-state index contributed by atoms with van der Waals surface area (Å²) in [5.41, 5.74) is 3.48. The zero-order valence-electron chi connectivity index (χ0n) is 19.8. The summed E-state index contributed by atoms with van der Waals surface area (Å²) in [6.07, 6.45) is 5.07. The normalized spacial score (nSPS) is 19.9. The predicted octanol–water partition coefficient (Wildman–Crippen LogP) is 4.48. The molecule has 1 fully saturated rings. The van der Waals surface area contributed by atoms with Gasteiger partial charge in [-0.2, -0.15) is 0 Å². The molecule has 2 atom stereocenters. The highest BCUT2D eigenvalue weighted by Crippen LogP contribution is 2.36. The van der Waals surface area contributed by atoms with Crippen molar-refractivity contribution in [1.29, 1.82) is 0 Å². The second-order valence-electron chi connectivity index (χ2n) is 9.53. The number of amides is 1. The van der Waals surface area contributed by atoms with E-state index in [1.807, 2.05) is 31.2 Å². The highest BCUT2D eigenvalue weighted by molar-refractivity contribution is 7.99. The van der Waals surface area contributed by atoms with Crippen LogP contribution < -0.4 is 10.9 Å². The van der Waals surface area contributed by atoms with Crippen molar-refractivity contribution in [1.82, 2.24) is 14.9 Å². The van der Waals surface area contributed by atoms with Crippen molar-refractivity contribution < 1.29 is 9.53 Å². The second kappa shape index (κ2) is 10.2. The molecule has 180 valence electrons. The van der Waals surface area contributed by atoms with E-state index in [2.05, 4.69) is 12.2 Å². The molecule has 0 bridgehead atoms. The van der Waals surface area contributed by atoms with Gasteiger partial charge in [0.25, 0.3) is 5.56 Å². The van der Waals surface area contributed by atoms with Crippen LogP contribution >= 0.6 is 23.1 Å². The van der Waals surface area contributed by atoms with Gasteiger partial charge in [-0.3, -0.25) is 14.2 Å². The zero-order chi connectivity index (χ0) is 23.7. The van der Waals surface area contributed by atoms with Crippen molar-refractivity contribution >= 4 is 39.2 Å². The van der Waals surface area contributed by atoms with E-state index in [9.17, 15) is 9.59 Å². The first-order valence-corrected chi connectivity index (χ1v) is 13.9. The van der Waals surface area contributed by atoms with E-state index in [0.717, 1.165) is 54.5 Å². The van der Waals surface area contributed by atoms with Crippen LogP contribution in [0.3, 0.4) is 0 Å². The molecule has 1 aliphatic heterocycles. The number of thioether (sulfide) groups is 1. The first-order valence-electron chi connectivity index (χ1n) is 12.1. The van der Waals surface area contributed by atoms with E-state index in [1.54, 1.807) is 15.9 Å². The highest BCUT2D eigenvalue weighted by Gasteiger charge is 2.26. The number of thiophene rings is 1. The maximum Gasteiger partial charge on any atom is 0.263 e. The smallest absolute Gasteiger partial charge is 0.263 e. The van der Waals surface area contributed by atoms with Gasteiger partial charge in [-0.05, 0) is 56.1 Å². The number of hydrogen-bond acceptors (Lipinski definition) is 6. The molecule has 0 radical (unpaired) electrons. The lowest BCUT2D eigenvalue weighted by atomic mass is 9.89. The van der Waals surface area contributed by atoms with Crippen molar-refractivity contribution in [3.05, 3.63) is 56.2 Å². The molecule has 2 aliphatic rings. The van der Waals surface area contributed by atoms with Crippen molar-refractivity contribution in [2.75, 3.05) is 12.4 Å².